The molecule has 0 bridgehead atoms. The van der Waals surface area contributed by atoms with Gasteiger partial charge in [-0.25, -0.2) is 0 Å². The van der Waals surface area contributed by atoms with Crippen molar-refractivity contribution in [3.8, 4) is 0 Å². The number of methoxy groups -OCH3 is 1. The van der Waals surface area contributed by atoms with Gasteiger partial charge in [-0.05, 0) is 65.5 Å². The van der Waals surface area contributed by atoms with Crippen molar-refractivity contribution in [3.05, 3.63) is 45.6 Å². The summed E-state index contributed by atoms with van der Waals surface area (Å²) in [6, 6.07) is 8.73. The summed E-state index contributed by atoms with van der Waals surface area (Å²) in [5.41, 5.74) is 2.85. The summed E-state index contributed by atoms with van der Waals surface area (Å²) in [4.78, 5) is 11.3. The number of rotatable bonds is 6. The molecule has 0 heterocycles. The zero-order chi connectivity index (χ0) is 14.8. The van der Waals surface area contributed by atoms with Gasteiger partial charge in [-0.15, -0.1) is 0 Å². The van der Waals surface area contributed by atoms with Crippen LogP contribution < -0.4 is 0 Å². The molecule has 1 fully saturated rings. The molecule has 3 heteroatoms. The molecule has 0 amide bonds. The topological polar surface area (TPSA) is 26.3 Å². The number of hydrogen-bond donors (Lipinski definition) is 0. The molecule has 0 spiro atoms. The predicted octanol–water partition coefficient (Wildman–Crippen LogP) is 4.47. The molecule has 1 aliphatic rings. The van der Waals surface area contributed by atoms with Crippen molar-refractivity contribution in [2.75, 3.05) is 7.11 Å². The lowest BCUT2D eigenvalue weighted by molar-refractivity contribution is -0.141. The zero-order valence-electron chi connectivity index (χ0n) is 12.1. The van der Waals surface area contributed by atoms with Crippen molar-refractivity contribution in [3.63, 3.8) is 0 Å². The molecule has 1 saturated carbocycles. The van der Waals surface area contributed by atoms with E-state index in [2.05, 4.69) is 60.4 Å². The van der Waals surface area contributed by atoms with Gasteiger partial charge in [0.15, 0.2) is 0 Å². The average molecular weight is 384 g/mol. The van der Waals surface area contributed by atoms with Crippen molar-refractivity contribution in [2.24, 2.45) is 5.92 Å². The minimum absolute atomic E-state index is 0.115. The van der Waals surface area contributed by atoms with E-state index in [0.717, 1.165) is 19.3 Å². The van der Waals surface area contributed by atoms with E-state index in [1.54, 1.807) is 0 Å². The molecule has 2 atom stereocenters. The maximum atomic E-state index is 11.3. The predicted molar refractivity (Wildman–Crippen MR) is 89.6 cm³/mol. The number of hydrogen-bond acceptors (Lipinski definition) is 2. The molecule has 0 aromatic heterocycles. The van der Waals surface area contributed by atoms with E-state index in [0.29, 0.717) is 12.3 Å². The SMILES string of the molecule is C=C1CC1(CCC(C)CC(=O)OC)c1ccc(I)cc1. The summed E-state index contributed by atoms with van der Waals surface area (Å²) in [7, 11) is 1.45. The van der Waals surface area contributed by atoms with Crippen LogP contribution in [0.5, 0.6) is 0 Å². The monoisotopic (exact) mass is 384 g/mol. The summed E-state index contributed by atoms with van der Waals surface area (Å²) >= 11 is 2.33. The van der Waals surface area contributed by atoms with Crippen molar-refractivity contribution in [1.29, 1.82) is 0 Å². The molecular weight excluding hydrogens is 363 g/mol. The number of allylic oxidation sites excluding steroid dienone is 1. The molecule has 0 saturated heterocycles. The highest BCUT2D eigenvalue weighted by atomic mass is 127. The summed E-state index contributed by atoms with van der Waals surface area (Å²) in [6.07, 6.45) is 3.69. The Kier molecular flexibility index (Phi) is 4.89. The van der Waals surface area contributed by atoms with Gasteiger partial charge < -0.3 is 4.74 Å². The first-order chi connectivity index (χ1) is 9.48. The highest BCUT2D eigenvalue weighted by molar-refractivity contribution is 14.1. The van der Waals surface area contributed by atoms with Gasteiger partial charge in [0, 0.05) is 15.4 Å². The Bertz CT molecular complexity index is 506. The fourth-order valence-corrected chi connectivity index (χ4v) is 3.13. The van der Waals surface area contributed by atoms with Crippen LogP contribution in [0.1, 0.15) is 38.2 Å². The number of halogens is 1. The molecule has 0 aliphatic heterocycles. The number of benzene rings is 1. The number of carbonyl (C=O) groups excluding carboxylic acids is 1. The van der Waals surface area contributed by atoms with Crippen LogP contribution in [-0.4, -0.2) is 13.1 Å². The third-order valence-corrected chi connectivity index (χ3v) is 4.99. The van der Waals surface area contributed by atoms with E-state index >= 15 is 0 Å². The fourth-order valence-electron chi connectivity index (χ4n) is 2.77. The second-order valence-corrected chi connectivity index (χ2v) is 7.04. The molecule has 1 aromatic carbocycles. The molecule has 0 radical (unpaired) electrons. The Morgan fingerprint density at radius 1 is 1.45 bits per heavy atom. The summed E-state index contributed by atoms with van der Waals surface area (Å²) in [5.74, 6) is 0.243. The van der Waals surface area contributed by atoms with Crippen molar-refractivity contribution in [1.82, 2.24) is 0 Å². The van der Waals surface area contributed by atoms with Crippen LogP contribution in [-0.2, 0) is 14.9 Å². The van der Waals surface area contributed by atoms with Gasteiger partial charge in [0.25, 0.3) is 0 Å². The van der Waals surface area contributed by atoms with Gasteiger partial charge in [-0.3, -0.25) is 4.79 Å². The minimum atomic E-state index is -0.115. The standard InChI is InChI=1S/C17H21IO2/c1-12(10-16(19)20-3)8-9-17(11-13(17)2)14-4-6-15(18)7-5-14/h4-7,12H,2,8-11H2,1,3H3. The fraction of sp³-hybridized carbons (Fsp3) is 0.471. The van der Waals surface area contributed by atoms with Crippen LogP contribution in [0, 0.1) is 9.49 Å². The Hall–Kier alpha value is -0.840. The summed E-state index contributed by atoms with van der Waals surface area (Å²) in [5, 5.41) is 0. The van der Waals surface area contributed by atoms with Gasteiger partial charge in [0.1, 0.15) is 0 Å². The van der Waals surface area contributed by atoms with E-state index in [1.807, 2.05) is 0 Å². The van der Waals surface area contributed by atoms with Crippen LogP contribution in [0.25, 0.3) is 0 Å². The third-order valence-electron chi connectivity index (χ3n) is 4.27. The Labute approximate surface area is 134 Å². The Morgan fingerprint density at radius 3 is 2.55 bits per heavy atom. The van der Waals surface area contributed by atoms with Crippen molar-refractivity contribution < 1.29 is 9.53 Å². The smallest absolute Gasteiger partial charge is 0.305 e. The molecule has 2 rings (SSSR count). The number of esters is 1. The molecular formula is C17H21IO2. The van der Waals surface area contributed by atoms with Crippen LogP contribution in [0.3, 0.4) is 0 Å². The number of carbonyl (C=O) groups is 1. The minimum Gasteiger partial charge on any atom is -0.469 e. The average Bonchev–Trinajstić information content (AvgIpc) is 3.09. The lowest BCUT2D eigenvalue weighted by atomic mass is 9.86. The molecule has 20 heavy (non-hydrogen) atoms. The maximum Gasteiger partial charge on any atom is 0.305 e. The second-order valence-electron chi connectivity index (χ2n) is 5.79. The molecule has 108 valence electrons. The van der Waals surface area contributed by atoms with Crippen LogP contribution in [0.2, 0.25) is 0 Å². The van der Waals surface area contributed by atoms with Gasteiger partial charge in [-0.2, -0.15) is 0 Å². The van der Waals surface area contributed by atoms with E-state index in [4.69, 9.17) is 4.74 Å². The van der Waals surface area contributed by atoms with Gasteiger partial charge >= 0.3 is 5.97 Å². The Balaban J connectivity index is 1.98. The number of ether oxygens (including phenoxy) is 1. The van der Waals surface area contributed by atoms with E-state index < -0.39 is 0 Å². The summed E-state index contributed by atoms with van der Waals surface area (Å²) in [6.45, 7) is 6.30. The normalized spacial score (nSPS) is 22.4. The van der Waals surface area contributed by atoms with Crippen molar-refractivity contribution in [2.45, 2.75) is 38.0 Å². The van der Waals surface area contributed by atoms with Gasteiger partial charge in [0.2, 0.25) is 0 Å². The van der Waals surface area contributed by atoms with Gasteiger partial charge in [0.05, 0.1) is 7.11 Å². The van der Waals surface area contributed by atoms with Gasteiger partial charge in [-0.1, -0.05) is 31.2 Å². The highest BCUT2D eigenvalue weighted by Crippen LogP contribution is 2.56. The molecule has 1 aliphatic carbocycles. The highest BCUT2D eigenvalue weighted by Gasteiger charge is 2.48. The molecule has 1 aromatic rings. The van der Waals surface area contributed by atoms with E-state index in [-0.39, 0.29) is 11.4 Å². The lowest BCUT2D eigenvalue weighted by Gasteiger charge is -2.18. The molecule has 0 N–H and O–H groups in total. The van der Waals surface area contributed by atoms with Crippen LogP contribution >= 0.6 is 22.6 Å². The summed E-state index contributed by atoms with van der Waals surface area (Å²) < 4.78 is 5.99. The van der Waals surface area contributed by atoms with Crippen LogP contribution in [0.15, 0.2) is 36.4 Å². The first kappa shape index (κ1) is 15.5. The quantitative estimate of drug-likeness (QED) is 0.411. The zero-order valence-corrected chi connectivity index (χ0v) is 14.3. The van der Waals surface area contributed by atoms with E-state index in [1.165, 1.54) is 21.8 Å². The van der Waals surface area contributed by atoms with Crippen molar-refractivity contribution >= 4 is 28.6 Å². The third kappa shape index (κ3) is 3.43. The molecule has 2 unspecified atom stereocenters. The molecule has 2 nitrogen and oxygen atoms in total. The largest absolute Gasteiger partial charge is 0.469 e. The van der Waals surface area contributed by atoms with Crippen LogP contribution in [0.4, 0.5) is 0 Å². The first-order valence-electron chi connectivity index (χ1n) is 6.99. The first-order valence-corrected chi connectivity index (χ1v) is 8.07. The van der Waals surface area contributed by atoms with E-state index in [9.17, 15) is 4.79 Å². The Morgan fingerprint density at radius 2 is 2.05 bits per heavy atom. The second kappa shape index (κ2) is 6.29. The lowest BCUT2D eigenvalue weighted by Crippen LogP contribution is -2.12. The maximum absolute atomic E-state index is 11.3.